The fraction of sp³-hybridized carbons (Fsp3) is 0.438. The summed E-state index contributed by atoms with van der Waals surface area (Å²) in [6.45, 7) is 0.579. The highest BCUT2D eigenvalue weighted by molar-refractivity contribution is 5.85. The number of amides is 1. The lowest BCUT2D eigenvalue weighted by Gasteiger charge is -2.28. The highest BCUT2D eigenvalue weighted by Crippen LogP contribution is 2.27. The van der Waals surface area contributed by atoms with Gasteiger partial charge in [-0.05, 0) is 37.0 Å². The summed E-state index contributed by atoms with van der Waals surface area (Å²) in [6.07, 6.45) is 8.88. The van der Waals surface area contributed by atoms with Crippen molar-refractivity contribution in [2.45, 2.75) is 19.3 Å². The van der Waals surface area contributed by atoms with Crippen molar-refractivity contribution in [1.82, 2.24) is 9.88 Å². The number of carboxylic acid groups (broad SMARTS) is 1. The maximum atomic E-state index is 12.5. The summed E-state index contributed by atoms with van der Waals surface area (Å²) in [4.78, 5) is 29.3. The number of carboxylic acids is 1. The topological polar surface area (TPSA) is 70.5 Å². The average Bonchev–Trinajstić information content (AvgIpc) is 2.52. The van der Waals surface area contributed by atoms with Crippen LogP contribution in [0.4, 0.5) is 0 Å². The van der Waals surface area contributed by atoms with Gasteiger partial charge in [-0.25, -0.2) is 0 Å². The predicted molar refractivity (Wildman–Crippen MR) is 78.6 cm³/mol. The van der Waals surface area contributed by atoms with Crippen LogP contribution in [0, 0.1) is 11.8 Å². The molecular formula is C16H20N2O3. The first-order valence-electron chi connectivity index (χ1n) is 7.11. The van der Waals surface area contributed by atoms with Crippen LogP contribution in [0.1, 0.15) is 18.4 Å². The van der Waals surface area contributed by atoms with E-state index >= 15 is 0 Å². The molecule has 0 spiro atoms. The number of likely N-dealkylation sites (N-methyl/N-ethyl adjacent to an activating group) is 1. The fourth-order valence-electron chi connectivity index (χ4n) is 2.60. The van der Waals surface area contributed by atoms with Crippen molar-refractivity contribution in [3.63, 3.8) is 0 Å². The van der Waals surface area contributed by atoms with Gasteiger partial charge in [0.25, 0.3) is 0 Å². The quantitative estimate of drug-likeness (QED) is 0.838. The minimum atomic E-state index is -0.889. The smallest absolute Gasteiger partial charge is 0.307 e. The fourth-order valence-corrected chi connectivity index (χ4v) is 2.60. The number of allylic oxidation sites excluding steroid dienone is 2. The molecule has 1 aromatic heterocycles. The van der Waals surface area contributed by atoms with Crippen molar-refractivity contribution in [2.24, 2.45) is 11.8 Å². The van der Waals surface area contributed by atoms with Gasteiger partial charge in [0.05, 0.1) is 11.8 Å². The maximum Gasteiger partial charge on any atom is 0.307 e. The number of rotatable bonds is 5. The molecule has 112 valence electrons. The van der Waals surface area contributed by atoms with Crippen LogP contribution in [0.3, 0.4) is 0 Å². The SMILES string of the molecule is CN(CCc1ccncc1)C(=O)[C@@H]1CC=CC[C@@H]1C(=O)O. The molecule has 0 unspecified atom stereocenters. The molecule has 1 aliphatic rings. The number of carbonyl (C=O) groups is 2. The van der Waals surface area contributed by atoms with Crippen molar-refractivity contribution < 1.29 is 14.7 Å². The predicted octanol–water partition coefficient (Wildman–Crippen LogP) is 1.75. The van der Waals surface area contributed by atoms with Crippen LogP contribution < -0.4 is 0 Å². The Hall–Kier alpha value is -2.17. The number of aliphatic carboxylic acids is 1. The third kappa shape index (κ3) is 3.90. The Morgan fingerprint density at radius 1 is 1.24 bits per heavy atom. The minimum absolute atomic E-state index is 0.0826. The molecule has 1 heterocycles. The summed E-state index contributed by atoms with van der Waals surface area (Å²) in [6, 6.07) is 3.84. The first-order valence-corrected chi connectivity index (χ1v) is 7.11. The second-order valence-corrected chi connectivity index (χ2v) is 5.36. The lowest BCUT2D eigenvalue weighted by Crippen LogP contribution is -2.40. The monoisotopic (exact) mass is 288 g/mol. The van der Waals surface area contributed by atoms with E-state index < -0.39 is 17.8 Å². The summed E-state index contributed by atoms with van der Waals surface area (Å²) < 4.78 is 0. The minimum Gasteiger partial charge on any atom is -0.481 e. The van der Waals surface area contributed by atoms with E-state index in [1.54, 1.807) is 24.3 Å². The number of nitrogens with zero attached hydrogens (tertiary/aromatic N) is 2. The molecule has 1 amide bonds. The molecule has 5 heteroatoms. The maximum absolute atomic E-state index is 12.5. The Morgan fingerprint density at radius 2 is 1.86 bits per heavy atom. The highest BCUT2D eigenvalue weighted by atomic mass is 16.4. The lowest BCUT2D eigenvalue weighted by molar-refractivity contribution is -0.150. The summed E-state index contributed by atoms with van der Waals surface area (Å²) in [5.41, 5.74) is 1.11. The van der Waals surface area contributed by atoms with Gasteiger partial charge < -0.3 is 10.0 Å². The van der Waals surface area contributed by atoms with Crippen molar-refractivity contribution >= 4 is 11.9 Å². The zero-order chi connectivity index (χ0) is 15.2. The van der Waals surface area contributed by atoms with Crippen molar-refractivity contribution in [2.75, 3.05) is 13.6 Å². The summed E-state index contributed by atoms with van der Waals surface area (Å²) >= 11 is 0. The van der Waals surface area contributed by atoms with E-state index in [2.05, 4.69) is 4.98 Å². The van der Waals surface area contributed by atoms with Crippen LogP contribution in [-0.2, 0) is 16.0 Å². The molecule has 0 bridgehead atoms. The molecule has 0 radical (unpaired) electrons. The van der Waals surface area contributed by atoms with E-state index in [1.165, 1.54) is 0 Å². The van der Waals surface area contributed by atoms with E-state index in [-0.39, 0.29) is 5.91 Å². The first kappa shape index (κ1) is 15.2. The summed E-state index contributed by atoms with van der Waals surface area (Å²) in [5.74, 6) is -2.03. The average molecular weight is 288 g/mol. The third-order valence-electron chi connectivity index (χ3n) is 3.93. The molecule has 2 rings (SSSR count). The molecule has 5 nitrogen and oxygen atoms in total. The number of carbonyl (C=O) groups excluding carboxylic acids is 1. The molecule has 0 aromatic carbocycles. The molecule has 0 aliphatic heterocycles. The second-order valence-electron chi connectivity index (χ2n) is 5.36. The zero-order valence-electron chi connectivity index (χ0n) is 12.1. The Labute approximate surface area is 124 Å². The van der Waals surface area contributed by atoms with Crippen LogP contribution in [-0.4, -0.2) is 40.5 Å². The van der Waals surface area contributed by atoms with Crippen molar-refractivity contribution in [3.05, 3.63) is 42.2 Å². The molecule has 0 saturated carbocycles. The highest BCUT2D eigenvalue weighted by Gasteiger charge is 2.35. The van der Waals surface area contributed by atoms with E-state index in [1.807, 2.05) is 24.3 Å². The van der Waals surface area contributed by atoms with Gasteiger partial charge >= 0.3 is 5.97 Å². The van der Waals surface area contributed by atoms with Gasteiger partial charge in [0.2, 0.25) is 5.91 Å². The largest absolute Gasteiger partial charge is 0.481 e. The first-order chi connectivity index (χ1) is 10.1. The second kappa shape index (κ2) is 7.02. The molecule has 0 saturated heterocycles. The number of aromatic nitrogens is 1. The van der Waals surface area contributed by atoms with E-state index in [0.29, 0.717) is 19.4 Å². The standard InChI is InChI=1S/C16H20N2O3/c1-18(11-8-12-6-9-17-10-7-12)15(19)13-4-2-3-5-14(13)16(20)21/h2-3,6-7,9-10,13-14H,4-5,8,11H2,1H3,(H,20,21)/t13-,14+/m1/s1. The number of hydrogen-bond acceptors (Lipinski definition) is 3. The Balaban J connectivity index is 1.95. The zero-order valence-corrected chi connectivity index (χ0v) is 12.1. The van der Waals surface area contributed by atoms with Gasteiger partial charge in [-0.1, -0.05) is 12.2 Å². The van der Waals surface area contributed by atoms with Crippen LogP contribution in [0.25, 0.3) is 0 Å². The van der Waals surface area contributed by atoms with Crippen LogP contribution in [0.15, 0.2) is 36.7 Å². The Bertz CT molecular complexity index is 528. The van der Waals surface area contributed by atoms with Gasteiger partial charge in [0.15, 0.2) is 0 Å². The van der Waals surface area contributed by atoms with Crippen molar-refractivity contribution in [3.8, 4) is 0 Å². The molecule has 2 atom stereocenters. The van der Waals surface area contributed by atoms with E-state index in [0.717, 1.165) is 12.0 Å². The third-order valence-corrected chi connectivity index (χ3v) is 3.93. The van der Waals surface area contributed by atoms with Gasteiger partial charge in [0, 0.05) is 26.0 Å². The molecule has 0 fully saturated rings. The van der Waals surface area contributed by atoms with Crippen LogP contribution >= 0.6 is 0 Å². The van der Waals surface area contributed by atoms with Gasteiger partial charge in [-0.2, -0.15) is 0 Å². The summed E-state index contributed by atoms with van der Waals surface area (Å²) in [5, 5.41) is 9.24. The normalized spacial score (nSPS) is 21.0. The number of pyridine rings is 1. The van der Waals surface area contributed by atoms with E-state index in [4.69, 9.17) is 0 Å². The molecule has 1 aromatic rings. The number of hydrogen-bond donors (Lipinski definition) is 1. The van der Waals surface area contributed by atoms with E-state index in [9.17, 15) is 14.7 Å². The Kier molecular flexibility index (Phi) is 5.09. The van der Waals surface area contributed by atoms with Crippen LogP contribution in [0.5, 0.6) is 0 Å². The van der Waals surface area contributed by atoms with Gasteiger partial charge in [-0.15, -0.1) is 0 Å². The van der Waals surface area contributed by atoms with Gasteiger partial charge in [0.1, 0.15) is 0 Å². The molecule has 1 aliphatic carbocycles. The lowest BCUT2D eigenvalue weighted by atomic mass is 9.82. The Morgan fingerprint density at radius 3 is 2.48 bits per heavy atom. The molecular weight excluding hydrogens is 268 g/mol. The molecule has 1 N–H and O–H groups in total. The summed E-state index contributed by atoms with van der Waals surface area (Å²) in [7, 11) is 1.74. The molecule has 21 heavy (non-hydrogen) atoms. The van der Waals surface area contributed by atoms with Crippen molar-refractivity contribution in [1.29, 1.82) is 0 Å². The van der Waals surface area contributed by atoms with Crippen LogP contribution in [0.2, 0.25) is 0 Å². The van der Waals surface area contributed by atoms with Gasteiger partial charge in [-0.3, -0.25) is 14.6 Å².